The Bertz CT molecular complexity index is 772. The summed E-state index contributed by atoms with van der Waals surface area (Å²) in [5.74, 6) is -1.05. The molecule has 0 amide bonds. The van der Waals surface area contributed by atoms with Crippen molar-refractivity contribution in [1.29, 1.82) is 0 Å². The zero-order valence-electron chi connectivity index (χ0n) is 10.5. The standard InChI is InChI=1S/C16H12ClNO2/c17-14-11-7-3-1-5-9(11)13(15(18)16(19)20)10-6-2-4-8-12(10)14/h1-8,15H,18H2,(H,19,20)/t15-/m0/s1. The second-order valence-corrected chi connectivity index (χ2v) is 5.01. The Labute approximate surface area is 120 Å². The Kier molecular flexibility index (Phi) is 3.08. The van der Waals surface area contributed by atoms with Gasteiger partial charge in [-0.05, 0) is 16.3 Å². The maximum Gasteiger partial charge on any atom is 0.325 e. The predicted octanol–water partition coefficient (Wildman–Crippen LogP) is 3.73. The molecule has 3 rings (SSSR count). The van der Waals surface area contributed by atoms with Crippen LogP contribution >= 0.6 is 11.6 Å². The number of rotatable bonds is 2. The number of carboxylic acid groups (broad SMARTS) is 1. The molecule has 0 heterocycles. The van der Waals surface area contributed by atoms with Gasteiger partial charge >= 0.3 is 5.97 Å². The molecule has 1 atom stereocenters. The lowest BCUT2D eigenvalue weighted by atomic mass is 9.92. The lowest BCUT2D eigenvalue weighted by Gasteiger charge is -2.16. The third-order valence-electron chi connectivity index (χ3n) is 3.48. The van der Waals surface area contributed by atoms with Crippen LogP contribution in [0.3, 0.4) is 0 Å². The minimum absolute atomic E-state index is 0.605. The van der Waals surface area contributed by atoms with Crippen molar-refractivity contribution in [3.8, 4) is 0 Å². The summed E-state index contributed by atoms with van der Waals surface area (Å²) < 4.78 is 0. The van der Waals surface area contributed by atoms with Gasteiger partial charge in [-0.3, -0.25) is 4.79 Å². The summed E-state index contributed by atoms with van der Waals surface area (Å²) in [6.07, 6.45) is 0. The first-order valence-corrected chi connectivity index (χ1v) is 6.56. The van der Waals surface area contributed by atoms with Crippen LogP contribution in [0, 0.1) is 0 Å². The molecule has 20 heavy (non-hydrogen) atoms. The Morgan fingerprint density at radius 1 is 0.950 bits per heavy atom. The number of hydrogen-bond acceptors (Lipinski definition) is 2. The van der Waals surface area contributed by atoms with E-state index in [0.29, 0.717) is 10.6 Å². The monoisotopic (exact) mass is 285 g/mol. The van der Waals surface area contributed by atoms with Crippen LogP contribution in [0.15, 0.2) is 48.5 Å². The van der Waals surface area contributed by atoms with Crippen molar-refractivity contribution in [2.75, 3.05) is 0 Å². The number of hydrogen-bond donors (Lipinski definition) is 2. The van der Waals surface area contributed by atoms with E-state index in [0.717, 1.165) is 21.5 Å². The van der Waals surface area contributed by atoms with Gasteiger partial charge in [0.1, 0.15) is 6.04 Å². The molecular weight excluding hydrogens is 274 g/mol. The molecule has 3 aromatic carbocycles. The fourth-order valence-corrected chi connectivity index (χ4v) is 2.90. The minimum atomic E-state index is -1.08. The van der Waals surface area contributed by atoms with Crippen LogP contribution in [-0.4, -0.2) is 11.1 Å². The zero-order chi connectivity index (χ0) is 14.3. The topological polar surface area (TPSA) is 63.3 Å². The summed E-state index contributed by atoms with van der Waals surface area (Å²) in [5.41, 5.74) is 6.48. The van der Waals surface area contributed by atoms with Crippen LogP contribution in [0.5, 0.6) is 0 Å². The molecule has 0 unspecified atom stereocenters. The highest BCUT2D eigenvalue weighted by atomic mass is 35.5. The number of halogens is 1. The van der Waals surface area contributed by atoms with Gasteiger partial charge in [-0.1, -0.05) is 60.1 Å². The van der Waals surface area contributed by atoms with Crippen LogP contribution < -0.4 is 5.73 Å². The maximum absolute atomic E-state index is 11.3. The first-order valence-electron chi connectivity index (χ1n) is 6.18. The Morgan fingerprint density at radius 3 is 1.75 bits per heavy atom. The van der Waals surface area contributed by atoms with E-state index in [1.54, 1.807) is 0 Å². The van der Waals surface area contributed by atoms with Gasteiger partial charge in [-0.2, -0.15) is 0 Å². The first kappa shape index (κ1) is 12.9. The van der Waals surface area contributed by atoms with Crippen molar-refractivity contribution in [2.24, 2.45) is 5.73 Å². The van der Waals surface area contributed by atoms with Crippen molar-refractivity contribution in [2.45, 2.75) is 6.04 Å². The summed E-state index contributed by atoms with van der Waals surface area (Å²) in [6, 6.07) is 13.8. The molecule has 3 aromatic rings. The highest BCUT2D eigenvalue weighted by Gasteiger charge is 2.21. The molecule has 3 N–H and O–H groups in total. The van der Waals surface area contributed by atoms with Crippen LogP contribution in [0.1, 0.15) is 11.6 Å². The number of fused-ring (bicyclic) bond motifs is 2. The van der Waals surface area contributed by atoms with Crippen LogP contribution in [0.25, 0.3) is 21.5 Å². The highest BCUT2D eigenvalue weighted by molar-refractivity contribution is 6.41. The molecule has 0 aromatic heterocycles. The van der Waals surface area contributed by atoms with Crippen molar-refractivity contribution >= 4 is 39.1 Å². The lowest BCUT2D eigenvalue weighted by molar-refractivity contribution is -0.138. The van der Waals surface area contributed by atoms with E-state index in [9.17, 15) is 9.90 Å². The normalized spacial score (nSPS) is 12.7. The van der Waals surface area contributed by atoms with Gasteiger partial charge < -0.3 is 10.8 Å². The average Bonchev–Trinajstić information content (AvgIpc) is 2.47. The molecule has 0 saturated carbocycles. The Balaban J connectivity index is 2.56. The molecule has 0 aliphatic heterocycles. The van der Waals surface area contributed by atoms with E-state index in [-0.39, 0.29) is 0 Å². The van der Waals surface area contributed by atoms with Crippen LogP contribution in [0.2, 0.25) is 5.02 Å². The van der Waals surface area contributed by atoms with Crippen molar-refractivity contribution in [1.82, 2.24) is 0 Å². The number of carboxylic acids is 1. The van der Waals surface area contributed by atoms with Gasteiger partial charge in [0.2, 0.25) is 0 Å². The van der Waals surface area contributed by atoms with E-state index >= 15 is 0 Å². The summed E-state index contributed by atoms with van der Waals surface area (Å²) in [6.45, 7) is 0. The summed E-state index contributed by atoms with van der Waals surface area (Å²) in [5, 5.41) is 13.1. The van der Waals surface area contributed by atoms with Gasteiger partial charge in [-0.15, -0.1) is 0 Å². The van der Waals surface area contributed by atoms with Crippen LogP contribution in [-0.2, 0) is 4.79 Å². The van der Waals surface area contributed by atoms with E-state index in [2.05, 4.69) is 0 Å². The molecule has 100 valence electrons. The van der Waals surface area contributed by atoms with Crippen molar-refractivity contribution in [3.63, 3.8) is 0 Å². The van der Waals surface area contributed by atoms with Gasteiger partial charge in [0, 0.05) is 10.8 Å². The molecule has 0 radical (unpaired) electrons. The van der Waals surface area contributed by atoms with Gasteiger partial charge in [0.15, 0.2) is 0 Å². The second-order valence-electron chi connectivity index (χ2n) is 4.63. The van der Waals surface area contributed by atoms with Crippen molar-refractivity contribution in [3.05, 3.63) is 59.1 Å². The number of aliphatic carboxylic acids is 1. The van der Waals surface area contributed by atoms with E-state index in [1.165, 1.54) is 0 Å². The fourth-order valence-electron chi connectivity index (χ4n) is 2.57. The molecule has 0 spiro atoms. The molecule has 4 heteroatoms. The zero-order valence-corrected chi connectivity index (χ0v) is 11.3. The molecule has 0 fully saturated rings. The van der Waals surface area contributed by atoms with Gasteiger partial charge in [0.05, 0.1) is 5.02 Å². The second kappa shape index (κ2) is 4.78. The van der Waals surface area contributed by atoms with E-state index in [4.69, 9.17) is 17.3 Å². The maximum atomic E-state index is 11.3. The molecule has 0 aliphatic carbocycles. The van der Waals surface area contributed by atoms with E-state index < -0.39 is 12.0 Å². The van der Waals surface area contributed by atoms with Gasteiger partial charge in [0.25, 0.3) is 0 Å². The molecule has 3 nitrogen and oxygen atoms in total. The average molecular weight is 286 g/mol. The third-order valence-corrected chi connectivity index (χ3v) is 3.89. The first-order chi connectivity index (χ1) is 9.61. The van der Waals surface area contributed by atoms with Crippen molar-refractivity contribution < 1.29 is 9.90 Å². The predicted molar refractivity (Wildman–Crippen MR) is 81.0 cm³/mol. The number of benzene rings is 3. The summed E-state index contributed by atoms with van der Waals surface area (Å²) in [4.78, 5) is 11.3. The lowest BCUT2D eigenvalue weighted by Crippen LogP contribution is -2.21. The fraction of sp³-hybridized carbons (Fsp3) is 0.0625. The van der Waals surface area contributed by atoms with E-state index in [1.807, 2.05) is 48.5 Å². The van der Waals surface area contributed by atoms with Crippen LogP contribution in [0.4, 0.5) is 0 Å². The molecule has 0 saturated heterocycles. The smallest absolute Gasteiger partial charge is 0.325 e. The highest BCUT2D eigenvalue weighted by Crippen LogP contribution is 2.38. The third kappa shape index (κ3) is 1.83. The molecule has 0 aliphatic rings. The summed E-state index contributed by atoms with van der Waals surface area (Å²) >= 11 is 6.44. The molecule has 0 bridgehead atoms. The minimum Gasteiger partial charge on any atom is -0.480 e. The molecular formula is C16H12ClNO2. The van der Waals surface area contributed by atoms with Gasteiger partial charge in [-0.25, -0.2) is 0 Å². The Morgan fingerprint density at radius 2 is 1.35 bits per heavy atom. The number of nitrogens with two attached hydrogens (primary N) is 1. The Hall–Kier alpha value is -2.10. The number of carbonyl (C=O) groups is 1. The summed E-state index contributed by atoms with van der Waals surface area (Å²) in [7, 11) is 0. The SMILES string of the molecule is N[C@H](C(=O)O)c1c2ccccc2c(Cl)c2ccccc12. The quantitative estimate of drug-likeness (QED) is 0.705. The largest absolute Gasteiger partial charge is 0.480 e.